The summed E-state index contributed by atoms with van der Waals surface area (Å²) >= 11 is 5.95. The van der Waals surface area contributed by atoms with E-state index >= 15 is 0 Å². The molecule has 0 aromatic heterocycles. The van der Waals surface area contributed by atoms with E-state index in [1.807, 2.05) is 0 Å². The van der Waals surface area contributed by atoms with Crippen LogP contribution in [0.5, 0.6) is 5.75 Å². The van der Waals surface area contributed by atoms with Crippen LogP contribution in [-0.2, 0) is 4.79 Å². The molecule has 0 atom stereocenters. The second kappa shape index (κ2) is 6.67. The minimum atomic E-state index is -0.643. The fourth-order valence-electron chi connectivity index (χ4n) is 1.58. The number of carbonyl (C=O) groups excluding carboxylic acids is 1. The quantitative estimate of drug-likeness (QED) is 0.283. The molecule has 0 amide bonds. The van der Waals surface area contributed by atoms with Crippen molar-refractivity contribution in [1.29, 1.82) is 0 Å². The summed E-state index contributed by atoms with van der Waals surface area (Å²) < 4.78 is 4.99. The predicted molar refractivity (Wildman–Crippen MR) is 79.2 cm³/mol. The zero-order chi connectivity index (χ0) is 15.2. The highest BCUT2D eigenvalue weighted by Crippen LogP contribution is 2.20. The molecule has 21 heavy (non-hydrogen) atoms. The molecule has 0 saturated carbocycles. The van der Waals surface area contributed by atoms with Crippen molar-refractivity contribution in [2.75, 3.05) is 0 Å². The van der Waals surface area contributed by atoms with Crippen molar-refractivity contribution in [3.8, 4) is 5.75 Å². The second-order valence-corrected chi connectivity index (χ2v) is 4.44. The molecular weight excluding hydrogens is 294 g/mol. The van der Waals surface area contributed by atoms with Crippen LogP contribution in [0, 0.1) is 10.1 Å². The van der Waals surface area contributed by atoms with Crippen molar-refractivity contribution in [3.63, 3.8) is 0 Å². The Bertz CT molecular complexity index is 712. The van der Waals surface area contributed by atoms with Gasteiger partial charge in [0, 0.05) is 17.2 Å². The van der Waals surface area contributed by atoms with E-state index in [1.165, 1.54) is 36.4 Å². The lowest BCUT2D eigenvalue weighted by Gasteiger charge is -2.01. The number of nitro benzene ring substituents is 1. The second-order valence-electron chi connectivity index (χ2n) is 4.03. The molecule has 0 spiro atoms. The topological polar surface area (TPSA) is 69.4 Å². The maximum absolute atomic E-state index is 11.7. The molecule has 0 aliphatic carbocycles. The van der Waals surface area contributed by atoms with Crippen molar-refractivity contribution in [2.45, 2.75) is 0 Å². The number of carbonyl (C=O) groups is 1. The van der Waals surface area contributed by atoms with Crippen LogP contribution in [-0.4, -0.2) is 10.9 Å². The molecule has 2 aromatic rings. The van der Waals surface area contributed by atoms with E-state index in [0.717, 1.165) is 0 Å². The fraction of sp³-hybridized carbons (Fsp3) is 0. The van der Waals surface area contributed by atoms with Crippen LogP contribution in [0.1, 0.15) is 5.56 Å². The Morgan fingerprint density at radius 1 is 1.19 bits per heavy atom. The average Bonchev–Trinajstić information content (AvgIpc) is 2.46. The van der Waals surface area contributed by atoms with Crippen LogP contribution in [0.4, 0.5) is 5.69 Å². The Morgan fingerprint density at radius 3 is 2.67 bits per heavy atom. The molecule has 106 valence electrons. The van der Waals surface area contributed by atoms with Crippen LogP contribution in [0.25, 0.3) is 6.08 Å². The van der Waals surface area contributed by atoms with Gasteiger partial charge in [-0.3, -0.25) is 10.1 Å². The van der Waals surface area contributed by atoms with E-state index in [1.54, 1.807) is 24.3 Å². The van der Waals surface area contributed by atoms with Gasteiger partial charge in [-0.1, -0.05) is 35.9 Å². The number of ether oxygens (including phenoxy) is 1. The van der Waals surface area contributed by atoms with E-state index in [2.05, 4.69) is 0 Å². The van der Waals surface area contributed by atoms with E-state index in [-0.39, 0.29) is 11.4 Å². The normalized spacial score (nSPS) is 10.5. The molecule has 0 aliphatic rings. The summed E-state index contributed by atoms with van der Waals surface area (Å²) in [5.41, 5.74) is 0.533. The highest BCUT2D eigenvalue weighted by molar-refractivity contribution is 6.32. The molecule has 2 rings (SSSR count). The summed E-state index contributed by atoms with van der Waals surface area (Å²) in [6.07, 6.45) is 2.72. The van der Waals surface area contributed by atoms with Crippen molar-refractivity contribution in [2.24, 2.45) is 0 Å². The van der Waals surface area contributed by atoms with Gasteiger partial charge in [0.25, 0.3) is 5.69 Å². The van der Waals surface area contributed by atoms with E-state index in [4.69, 9.17) is 16.3 Å². The van der Waals surface area contributed by atoms with Crippen molar-refractivity contribution >= 4 is 29.3 Å². The lowest BCUT2D eigenvalue weighted by molar-refractivity contribution is -0.384. The first-order valence-corrected chi connectivity index (χ1v) is 6.33. The van der Waals surface area contributed by atoms with E-state index in [9.17, 15) is 14.9 Å². The van der Waals surface area contributed by atoms with Crippen molar-refractivity contribution in [3.05, 3.63) is 75.3 Å². The zero-order valence-electron chi connectivity index (χ0n) is 10.7. The number of esters is 1. The number of rotatable bonds is 4. The summed E-state index contributed by atoms with van der Waals surface area (Å²) in [7, 11) is 0. The maximum Gasteiger partial charge on any atom is 0.336 e. The van der Waals surface area contributed by atoms with Crippen LogP contribution in [0.15, 0.2) is 54.6 Å². The lowest BCUT2D eigenvalue weighted by atomic mass is 10.2. The Kier molecular flexibility index (Phi) is 4.68. The first-order chi connectivity index (χ1) is 10.1. The fourth-order valence-corrected chi connectivity index (χ4v) is 1.78. The molecule has 0 fully saturated rings. The third-order valence-corrected chi connectivity index (χ3v) is 2.90. The molecule has 2 aromatic carbocycles. The molecule has 0 bridgehead atoms. The summed E-state index contributed by atoms with van der Waals surface area (Å²) in [6.45, 7) is 0. The molecular formula is C15H10ClNO4. The van der Waals surface area contributed by atoms with Crippen molar-refractivity contribution < 1.29 is 14.5 Å². The van der Waals surface area contributed by atoms with Gasteiger partial charge in [-0.05, 0) is 23.8 Å². The minimum absolute atomic E-state index is 0.109. The van der Waals surface area contributed by atoms with Gasteiger partial charge in [-0.15, -0.1) is 0 Å². The molecule has 0 aliphatic heterocycles. The minimum Gasteiger partial charge on any atom is -0.423 e. The van der Waals surface area contributed by atoms with Crippen LogP contribution in [0.2, 0.25) is 5.02 Å². The van der Waals surface area contributed by atoms with Gasteiger partial charge >= 0.3 is 5.97 Å². The van der Waals surface area contributed by atoms with Gasteiger partial charge < -0.3 is 4.74 Å². The summed E-state index contributed by atoms with van der Waals surface area (Å²) in [5.74, 6) is -0.534. The molecule has 0 unspecified atom stereocenters. The number of nitrogens with zero attached hydrogens (tertiary/aromatic N) is 1. The predicted octanol–water partition coefficient (Wildman–Crippen LogP) is 3.87. The van der Waals surface area contributed by atoms with Gasteiger partial charge in [0.1, 0.15) is 5.75 Å². The monoisotopic (exact) mass is 303 g/mol. The summed E-state index contributed by atoms with van der Waals surface area (Å²) in [6, 6.07) is 12.4. The number of halogens is 1. The molecule has 0 heterocycles. The molecule has 0 N–H and O–H groups in total. The average molecular weight is 304 g/mol. The third-order valence-electron chi connectivity index (χ3n) is 2.55. The lowest BCUT2D eigenvalue weighted by Crippen LogP contribution is -2.03. The number of nitro groups is 1. The maximum atomic E-state index is 11.7. The van der Waals surface area contributed by atoms with E-state index in [0.29, 0.717) is 10.6 Å². The Morgan fingerprint density at radius 2 is 1.95 bits per heavy atom. The largest absolute Gasteiger partial charge is 0.423 e. The summed E-state index contributed by atoms with van der Waals surface area (Å²) in [4.78, 5) is 21.7. The standard InChI is InChI=1S/C15H10ClNO4/c16-14-7-2-1-4-11(14)8-9-15(18)21-13-6-3-5-12(10-13)17(19)20/h1-10H/b9-8+. The molecule has 0 radical (unpaired) electrons. The van der Waals surface area contributed by atoms with E-state index < -0.39 is 10.9 Å². The van der Waals surface area contributed by atoms with Crippen molar-refractivity contribution in [1.82, 2.24) is 0 Å². The number of non-ortho nitro benzene ring substituents is 1. The molecule has 0 saturated heterocycles. The SMILES string of the molecule is O=C(/C=C/c1ccccc1Cl)Oc1cccc([N+](=O)[O-])c1. The zero-order valence-corrected chi connectivity index (χ0v) is 11.5. The van der Waals surface area contributed by atoms with Gasteiger partial charge in [-0.2, -0.15) is 0 Å². The summed E-state index contributed by atoms with van der Waals surface area (Å²) in [5, 5.41) is 11.1. The molecule has 6 heteroatoms. The first kappa shape index (κ1) is 14.7. The van der Waals surface area contributed by atoms with Crippen LogP contribution >= 0.6 is 11.6 Å². The Balaban J connectivity index is 2.07. The highest BCUT2D eigenvalue weighted by Gasteiger charge is 2.08. The van der Waals surface area contributed by atoms with Gasteiger partial charge in [0.05, 0.1) is 11.0 Å². The number of hydrogen-bond acceptors (Lipinski definition) is 4. The number of benzene rings is 2. The van der Waals surface area contributed by atoms with Crippen LogP contribution in [0.3, 0.4) is 0 Å². The highest BCUT2D eigenvalue weighted by atomic mass is 35.5. The first-order valence-electron chi connectivity index (χ1n) is 5.95. The number of hydrogen-bond donors (Lipinski definition) is 0. The van der Waals surface area contributed by atoms with Crippen LogP contribution < -0.4 is 4.74 Å². The Labute approximate surface area is 125 Å². The smallest absolute Gasteiger partial charge is 0.336 e. The van der Waals surface area contributed by atoms with Gasteiger partial charge in [0.15, 0.2) is 0 Å². The Hall–Kier alpha value is -2.66. The third kappa shape index (κ3) is 4.15. The van der Waals surface area contributed by atoms with Gasteiger partial charge in [0.2, 0.25) is 0 Å². The molecule has 5 nitrogen and oxygen atoms in total. The van der Waals surface area contributed by atoms with Gasteiger partial charge in [-0.25, -0.2) is 4.79 Å².